The second-order valence-corrected chi connectivity index (χ2v) is 7.20. The smallest absolute Gasteiger partial charge is 0.310 e. The summed E-state index contributed by atoms with van der Waals surface area (Å²) in [6, 6.07) is 13.7. The number of aryl methyl sites for hydroxylation is 2. The zero-order valence-corrected chi connectivity index (χ0v) is 17.0. The van der Waals surface area contributed by atoms with Crippen LogP contribution in [0.3, 0.4) is 0 Å². The van der Waals surface area contributed by atoms with Gasteiger partial charge < -0.3 is 9.30 Å². The monoisotopic (exact) mass is 411 g/mol. The Hall–Kier alpha value is -3.28. The van der Waals surface area contributed by atoms with Crippen molar-refractivity contribution in [3.8, 4) is 0 Å². The van der Waals surface area contributed by atoms with Gasteiger partial charge in [-0.2, -0.15) is 0 Å². The lowest BCUT2D eigenvalue weighted by molar-refractivity contribution is -0.141. The van der Waals surface area contributed by atoms with E-state index < -0.39 is 5.97 Å². The largest absolute Gasteiger partial charge is 0.457 e. The molecule has 0 aliphatic carbocycles. The molecule has 3 rings (SSSR count). The molecular weight excluding hydrogens is 388 g/mol. The van der Waals surface area contributed by atoms with E-state index in [1.54, 1.807) is 18.2 Å². The van der Waals surface area contributed by atoms with Crippen LogP contribution in [0.2, 0.25) is 0 Å². The standard InChI is InChI=1S/C24H23F2NO3/c1-16-13-22(17(2)27(16)12-11-18-3-7-20(25)8-4-18)23(28)15-30-24(29)14-19-5-9-21(26)10-6-19/h3-10,13H,11-12,14-15H2,1-2H3. The number of nitrogens with zero attached hydrogens (tertiary/aromatic N) is 1. The molecule has 0 aliphatic heterocycles. The van der Waals surface area contributed by atoms with Crippen molar-refractivity contribution in [2.24, 2.45) is 0 Å². The fourth-order valence-corrected chi connectivity index (χ4v) is 3.36. The van der Waals surface area contributed by atoms with Gasteiger partial charge >= 0.3 is 5.97 Å². The first-order chi connectivity index (χ1) is 14.3. The second-order valence-electron chi connectivity index (χ2n) is 7.20. The fraction of sp³-hybridized carbons (Fsp3) is 0.250. The normalized spacial score (nSPS) is 10.8. The number of hydrogen-bond donors (Lipinski definition) is 0. The number of Topliss-reactive ketones (excluding diaryl/α,β-unsaturated/α-hetero) is 1. The third-order valence-corrected chi connectivity index (χ3v) is 5.04. The van der Waals surface area contributed by atoms with Crippen LogP contribution in [0.4, 0.5) is 8.78 Å². The number of ether oxygens (including phenoxy) is 1. The van der Waals surface area contributed by atoms with Gasteiger partial charge in [-0.1, -0.05) is 24.3 Å². The summed E-state index contributed by atoms with van der Waals surface area (Å²) in [6.07, 6.45) is 0.682. The summed E-state index contributed by atoms with van der Waals surface area (Å²) in [5.74, 6) is -1.46. The van der Waals surface area contributed by atoms with Crippen LogP contribution in [0.5, 0.6) is 0 Å². The summed E-state index contributed by atoms with van der Waals surface area (Å²) in [6.45, 7) is 4.07. The Morgan fingerprint density at radius 3 is 2.07 bits per heavy atom. The van der Waals surface area contributed by atoms with Crippen molar-refractivity contribution in [3.63, 3.8) is 0 Å². The van der Waals surface area contributed by atoms with Crippen molar-refractivity contribution in [1.29, 1.82) is 0 Å². The third-order valence-electron chi connectivity index (χ3n) is 5.04. The molecule has 3 aromatic rings. The van der Waals surface area contributed by atoms with E-state index in [2.05, 4.69) is 0 Å². The average Bonchev–Trinajstić information content (AvgIpc) is 3.01. The molecule has 1 heterocycles. The number of ketones is 1. The highest BCUT2D eigenvalue weighted by molar-refractivity contribution is 5.99. The van der Waals surface area contributed by atoms with Gasteiger partial charge in [0.25, 0.3) is 0 Å². The highest BCUT2D eigenvalue weighted by atomic mass is 19.1. The Morgan fingerprint density at radius 2 is 1.47 bits per heavy atom. The number of aromatic nitrogens is 1. The van der Waals surface area contributed by atoms with Gasteiger partial charge in [0, 0.05) is 23.5 Å². The number of hydrogen-bond acceptors (Lipinski definition) is 3. The Balaban J connectivity index is 1.57. The van der Waals surface area contributed by atoms with E-state index in [-0.39, 0.29) is 30.4 Å². The van der Waals surface area contributed by atoms with Crippen molar-refractivity contribution < 1.29 is 23.1 Å². The summed E-state index contributed by atoms with van der Waals surface area (Å²) in [5.41, 5.74) is 3.87. The van der Waals surface area contributed by atoms with Crippen molar-refractivity contribution in [3.05, 3.63) is 94.3 Å². The summed E-state index contributed by atoms with van der Waals surface area (Å²) >= 11 is 0. The van der Waals surface area contributed by atoms with Crippen molar-refractivity contribution >= 4 is 11.8 Å². The van der Waals surface area contributed by atoms with Crippen molar-refractivity contribution in [2.45, 2.75) is 33.2 Å². The van der Waals surface area contributed by atoms with Crippen molar-refractivity contribution in [1.82, 2.24) is 4.57 Å². The molecule has 30 heavy (non-hydrogen) atoms. The molecule has 0 fully saturated rings. The van der Waals surface area contributed by atoms with Gasteiger partial charge in [-0.3, -0.25) is 9.59 Å². The molecule has 0 unspecified atom stereocenters. The lowest BCUT2D eigenvalue weighted by atomic mass is 10.1. The minimum Gasteiger partial charge on any atom is -0.457 e. The van der Waals surface area contributed by atoms with Crippen LogP contribution in [0, 0.1) is 25.5 Å². The molecule has 0 spiro atoms. The Bertz CT molecular complexity index is 1040. The highest BCUT2D eigenvalue weighted by Crippen LogP contribution is 2.17. The Kier molecular flexibility index (Phi) is 6.77. The molecule has 2 aromatic carbocycles. The van der Waals surface area contributed by atoms with Gasteiger partial charge in [-0.15, -0.1) is 0 Å². The van der Waals surface area contributed by atoms with E-state index in [1.165, 1.54) is 36.4 Å². The van der Waals surface area contributed by atoms with Crippen LogP contribution in [-0.4, -0.2) is 22.9 Å². The zero-order chi connectivity index (χ0) is 21.7. The number of rotatable bonds is 8. The molecule has 0 saturated heterocycles. The molecule has 6 heteroatoms. The summed E-state index contributed by atoms with van der Waals surface area (Å²) in [7, 11) is 0. The predicted molar refractivity (Wildman–Crippen MR) is 109 cm³/mol. The molecule has 0 N–H and O–H groups in total. The summed E-state index contributed by atoms with van der Waals surface area (Å²) in [5, 5.41) is 0. The molecule has 4 nitrogen and oxygen atoms in total. The van der Waals surface area contributed by atoms with Crippen LogP contribution < -0.4 is 0 Å². The number of halogens is 2. The van der Waals surface area contributed by atoms with Gasteiger partial charge in [-0.25, -0.2) is 8.78 Å². The third kappa shape index (κ3) is 5.41. The first-order valence-electron chi connectivity index (χ1n) is 9.68. The maximum atomic E-state index is 13.0. The maximum Gasteiger partial charge on any atom is 0.310 e. The quantitative estimate of drug-likeness (QED) is 0.402. The van der Waals surface area contributed by atoms with E-state index in [0.717, 1.165) is 17.0 Å². The Labute approximate surface area is 174 Å². The molecular formula is C24H23F2NO3. The topological polar surface area (TPSA) is 48.3 Å². The maximum absolute atomic E-state index is 13.0. The number of carbonyl (C=O) groups excluding carboxylic acids is 2. The van der Waals surface area contributed by atoms with Gasteiger partial charge in [0.2, 0.25) is 5.78 Å². The average molecular weight is 411 g/mol. The van der Waals surface area contributed by atoms with Gasteiger partial charge in [-0.05, 0) is 61.7 Å². The van der Waals surface area contributed by atoms with Crippen LogP contribution in [0.25, 0.3) is 0 Å². The van der Waals surface area contributed by atoms with E-state index in [9.17, 15) is 18.4 Å². The predicted octanol–water partition coefficient (Wildman–Crippen LogP) is 4.59. The van der Waals surface area contributed by atoms with Crippen LogP contribution in [0.1, 0.15) is 32.9 Å². The molecule has 0 atom stereocenters. The van der Waals surface area contributed by atoms with Crippen LogP contribution in [-0.2, 0) is 28.9 Å². The van der Waals surface area contributed by atoms with Gasteiger partial charge in [0.1, 0.15) is 11.6 Å². The number of esters is 1. The number of benzene rings is 2. The van der Waals surface area contributed by atoms with E-state index >= 15 is 0 Å². The Morgan fingerprint density at radius 1 is 0.900 bits per heavy atom. The minimum absolute atomic E-state index is 0.0236. The van der Waals surface area contributed by atoms with Gasteiger partial charge in [0.05, 0.1) is 6.42 Å². The van der Waals surface area contributed by atoms with Gasteiger partial charge in [0.15, 0.2) is 6.61 Å². The van der Waals surface area contributed by atoms with E-state index in [1.807, 2.05) is 18.4 Å². The van der Waals surface area contributed by atoms with E-state index in [4.69, 9.17) is 4.74 Å². The molecule has 1 aromatic heterocycles. The van der Waals surface area contributed by atoms with Crippen LogP contribution in [0.15, 0.2) is 54.6 Å². The highest BCUT2D eigenvalue weighted by Gasteiger charge is 2.17. The SMILES string of the molecule is Cc1cc(C(=O)COC(=O)Cc2ccc(F)cc2)c(C)n1CCc1ccc(F)cc1. The first kappa shape index (κ1) is 21.4. The molecule has 0 aliphatic rings. The lowest BCUT2D eigenvalue weighted by Crippen LogP contribution is -2.16. The van der Waals surface area contributed by atoms with Crippen LogP contribution >= 0.6 is 0 Å². The molecule has 156 valence electrons. The molecule has 0 saturated carbocycles. The summed E-state index contributed by atoms with van der Waals surface area (Å²) < 4.78 is 33.1. The zero-order valence-electron chi connectivity index (χ0n) is 17.0. The van der Waals surface area contributed by atoms with E-state index in [0.29, 0.717) is 24.1 Å². The number of carbonyl (C=O) groups is 2. The lowest BCUT2D eigenvalue weighted by Gasteiger charge is -2.10. The molecule has 0 radical (unpaired) electrons. The second kappa shape index (κ2) is 9.48. The summed E-state index contributed by atoms with van der Waals surface area (Å²) in [4.78, 5) is 24.5. The first-order valence-corrected chi connectivity index (χ1v) is 9.68. The molecule has 0 amide bonds. The fourth-order valence-electron chi connectivity index (χ4n) is 3.36. The van der Waals surface area contributed by atoms with Crippen molar-refractivity contribution in [2.75, 3.05) is 6.61 Å². The molecule has 0 bridgehead atoms. The minimum atomic E-state index is -0.542.